The van der Waals surface area contributed by atoms with E-state index < -0.39 is 0 Å². The van der Waals surface area contributed by atoms with E-state index in [0.29, 0.717) is 23.7 Å². The number of aliphatic imine (C=N–C) groups is 1. The Labute approximate surface area is 264 Å². The van der Waals surface area contributed by atoms with Gasteiger partial charge >= 0.3 is 0 Å². The average molecular weight is 615 g/mol. The second-order valence-electron chi connectivity index (χ2n) is 11.2. The minimum atomic E-state index is -0.259. The van der Waals surface area contributed by atoms with Crippen LogP contribution in [0.1, 0.15) is 49.3 Å². The van der Waals surface area contributed by atoms with E-state index in [4.69, 9.17) is 20.9 Å². The summed E-state index contributed by atoms with van der Waals surface area (Å²) < 4.78 is 12.6. The molecular formula is C35H39ClN4O4. The first kappa shape index (κ1) is 32.2. The van der Waals surface area contributed by atoms with Crippen molar-refractivity contribution >= 4 is 52.5 Å². The van der Waals surface area contributed by atoms with Crippen LogP contribution in [0.4, 0.5) is 11.4 Å². The van der Waals surface area contributed by atoms with Crippen LogP contribution in [-0.4, -0.2) is 29.2 Å². The van der Waals surface area contributed by atoms with Crippen LogP contribution in [0.15, 0.2) is 83.9 Å². The molecule has 1 heterocycles. The Morgan fingerprint density at radius 3 is 2.45 bits per heavy atom. The summed E-state index contributed by atoms with van der Waals surface area (Å²) in [6.45, 7) is 4.75. The summed E-state index contributed by atoms with van der Waals surface area (Å²) in [5, 5.41) is 15.3. The predicted octanol–water partition coefficient (Wildman–Crippen LogP) is 7.17. The number of amides is 1. The van der Waals surface area contributed by atoms with Gasteiger partial charge in [-0.3, -0.25) is 4.79 Å². The zero-order valence-electron chi connectivity index (χ0n) is 25.0. The number of hydrogen-bond donors (Lipinski definition) is 4. The number of benzene rings is 4. The van der Waals surface area contributed by atoms with E-state index in [1.165, 1.54) is 6.08 Å². The number of ether oxygens (including phenoxy) is 2. The molecule has 9 heteroatoms. The van der Waals surface area contributed by atoms with Crippen LogP contribution in [-0.2, 0) is 11.2 Å². The van der Waals surface area contributed by atoms with Gasteiger partial charge in [0.25, 0.3) is 0 Å². The van der Waals surface area contributed by atoms with E-state index >= 15 is 0 Å². The first-order valence-electron chi connectivity index (χ1n) is 14.5. The molecule has 1 unspecified atom stereocenters. The molecule has 0 bridgehead atoms. The number of carbonyl (C=O) groups excluding carboxylic acids is 1. The molecule has 0 fully saturated rings. The van der Waals surface area contributed by atoms with Crippen molar-refractivity contribution in [3.63, 3.8) is 0 Å². The first-order valence-corrected chi connectivity index (χ1v) is 14.5. The van der Waals surface area contributed by atoms with Crippen molar-refractivity contribution in [1.29, 1.82) is 0 Å². The zero-order valence-corrected chi connectivity index (χ0v) is 25.8. The number of halogens is 1. The number of guanidine groups is 1. The van der Waals surface area contributed by atoms with Crippen molar-refractivity contribution in [2.45, 2.75) is 51.6 Å². The van der Waals surface area contributed by atoms with Crippen LogP contribution < -0.4 is 26.3 Å². The summed E-state index contributed by atoms with van der Waals surface area (Å²) in [4.78, 5) is 16.3. The first-order chi connectivity index (χ1) is 20.7. The maximum atomic E-state index is 12.3. The lowest BCUT2D eigenvalue weighted by atomic mass is 9.85. The number of fused-ring (bicyclic) bond motifs is 3. The van der Waals surface area contributed by atoms with Crippen molar-refractivity contribution in [1.82, 2.24) is 0 Å². The molecule has 8 nitrogen and oxygen atoms in total. The summed E-state index contributed by atoms with van der Waals surface area (Å²) in [5.41, 5.74) is 14.7. The van der Waals surface area contributed by atoms with Gasteiger partial charge in [0.05, 0.1) is 12.3 Å². The third kappa shape index (κ3) is 7.82. The smallest absolute Gasteiger partial charge is 0.248 e. The molecule has 0 radical (unpaired) electrons. The highest BCUT2D eigenvalue weighted by Gasteiger charge is 2.33. The topological polar surface area (TPSA) is 132 Å². The zero-order chi connectivity index (χ0) is 30.4. The fourth-order valence-electron chi connectivity index (χ4n) is 5.44. The van der Waals surface area contributed by atoms with Gasteiger partial charge in [0.15, 0.2) is 5.96 Å². The van der Waals surface area contributed by atoms with E-state index in [-0.39, 0.29) is 29.9 Å². The molecule has 230 valence electrons. The van der Waals surface area contributed by atoms with E-state index in [2.05, 4.69) is 17.2 Å². The molecule has 0 saturated heterocycles. The van der Waals surface area contributed by atoms with Gasteiger partial charge in [-0.2, -0.15) is 0 Å². The molecule has 5 rings (SSSR count). The molecule has 4 aromatic carbocycles. The number of phenols is 1. The highest BCUT2D eigenvalue weighted by atomic mass is 35.5. The van der Waals surface area contributed by atoms with Gasteiger partial charge in [0, 0.05) is 28.1 Å². The maximum absolute atomic E-state index is 12.3. The van der Waals surface area contributed by atoms with Crippen molar-refractivity contribution in [3.05, 3.63) is 95.6 Å². The summed E-state index contributed by atoms with van der Waals surface area (Å²) >= 11 is 0. The van der Waals surface area contributed by atoms with E-state index in [1.807, 2.05) is 67.6 Å². The van der Waals surface area contributed by atoms with Gasteiger partial charge in [-0.25, -0.2) is 4.99 Å². The Kier molecular flexibility index (Phi) is 10.4. The van der Waals surface area contributed by atoms with Gasteiger partial charge < -0.3 is 31.4 Å². The number of nitrogens with one attached hydrogen (secondary N) is 1. The molecule has 1 aliphatic heterocycles. The Morgan fingerprint density at radius 1 is 1.05 bits per heavy atom. The van der Waals surface area contributed by atoms with Crippen molar-refractivity contribution in [3.8, 4) is 17.2 Å². The Bertz CT molecular complexity index is 1670. The highest BCUT2D eigenvalue weighted by molar-refractivity contribution is 6.02. The second kappa shape index (κ2) is 14.2. The van der Waals surface area contributed by atoms with Gasteiger partial charge in [-0.05, 0) is 99.6 Å². The lowest BCUT2D eigenvalue weighted by Crippen LogP contribution is -2.36. The molecule has 1 amide bonds. The van der Waals surface area contributed by atoms with Gasteiger partial charge in [0.1, 0.15) is 22.8 Å². The Balaban J connectivity index is 0.00000442. The monoisotopic (exact) mass is 614 g/mol. The molecule has 4 aromatic rings. The summed E-state index contributed by atoms with van der Waals surface area (Å²) in [6.07, 6.45) is 7.78. The maximum Gasteiger partial charge on any atom is 0.248 e. The number of hydrogen-bond acceptors (Lipinski definition) is 5. The van der Waals surface area contributed by atoms with Crippen LogP contribution >= 0.6 is 12.4 Å². The Hall–Kier alpha value is -4.69. The SMILES string of the molecule is Cc1c2c(c3ccccc3c1O)OC(C)(CCCCOc1ccc(NC(=O)/C=C/c3ccc(N=C(N)N)cc3)cc1)CC2.Cl. The van der Waals surface area contributed by atoms with Crippen LogP contribution in [0.25, 0.3) is 16.8 Å². The van der Waals surface area contributed by atoms with Crippen molar-refractivity contribution < 1.29 is 19.4 Å². The number of anilines is 1. The number of nitrogens with zero attached hydrogens (tertiary/aromatic N) is 1. The summed E-state index contributed by atoms with van der Waals surface area (Å²) in [6, 6.07) is 22.5. The molecule has 44 heavy (non-hydrogen) atoms. The van der Waals surface area contributed by atoms with Gasteiger partial charge in [0.2, 0.25) is 5.91 Å². The quantitative estimate of drug-likeness (QED) is 0.0648. The molecule has 6 N–H and O–H groups in total. The fourth-order valence-corrected chi connectivity index (χ4v) is 5.44. The Morgan fingerprint density at radius 2 is 1.75 bits per heavy atom. The molecule has 0 aromatic heterocycles. The number of phenolic OH excluding ortho intramolecular Hbond substituents is 1. The number of carbonyl (C=O) groups is 1. The van der Waals surface area contributed by atoms with Gasteiger partial charge in [-0.15, -0.1) is 12.4 Å². The standard InChI is InChI=1S/C35H38N4O4.ClH/c1-23-28-19-21-35(2,43-33(28)30-8-4-3-7-29(30)32(23)41)20-5-6-22-42-27-16-14-25(15-17-27)38-31(40)18-11-24-9-12-26(13-10-24)39-34(36)37;/h3-4,7-18,41H,5-6,19-22H2,1-2H3,(H,38,40)(H4,36,37,39);1H/b18-11+;. The third-order valence-corrected chi connectivity index (χ3v) is 7.83. The predicted molar refractivity (Wildman–Crippen MR) is 180 cm³/mol. The molecule has 0 aliphatic carbocycles. The lowest BCUT2D eigenvalue weighted by Gasteiger charge is -2.37. The molecule has 1 atom stereocenters. The van der Waals surface area contributed by atoms with E-state index in [1.54, 1.807) is 18.2 Å². The van der Waals surface area contributed by atoms with Crippen LogP contribution in [0.3, 0.4) is 0 Å². The van der Waals surface area contributed by atoms with Crippen LogP contribution in [0.2, 0.25) is 0 Å². The number of unbranched alkanes of at least 4 members (excludes halogenated alkanes) is 1. The van der Waals surface area contributed by atoms with E-state index in [9.17, 15) is 9.90 Å². The average Bonchev–Trinajstić information content (AvgIpc) is 3.00. The van der Waals surface area contributed by atoms with Crippen LogP contribution in [0.5, 0.6) is 17.2 Å². The number of aromatic hydroxyl groups is 1. The van der Waals surface area contributed by atoms with Crippen LogP contribution in [0, 0.1) is 6.92 Å². The number of rotatable bonds is 10. The number of nitrogens with two attached hydrogens (primary N) is 2. The molecular weight excluding hydrogens is 576 g/mol. The van der Waals surface area contributed by atoms with Crippen molar-refractivity contribution in [2.24, 2.45) is 16.5 Å². The minimum absolute atomic E-state index is 0. The minimum Gasteiger partial charge on any atom is -0.507 e. The molecule has 0 spiro atoms. The summed E-state index contributed by atoms with van der Waals surface area (Å²) in [7, 11) is 0. The normalized spacial score (nSPS) is 15.6. The van der Waals surface area contributed by atoms with Crippen molar-refractivity contribution in [2.75, 3.05) is 11.9 Å². The largest absolute Gasteiger partial charge is 0.507 e. The fraction of sp³-hybridized carbons (Fsp3) is 0.257. The van der Waals surface area contributed by atoms with E-state index in [0.717, 1.165) is 71.1 Å². The lowest BCUT2D eigenvalue weighted by molar-refractivity contribution is -0.111. The second-order valence-corrected chi connectivity index (χ2v) is 11.2. The summed E-state index contributed by atoms with van der Waals surface area (Å²) in [5.74, 6) is 1.79. The highest BCUT2D eigenvalue weighted by Crippen LogP contribution is 2.46. The van der Waals surface area contributed by atoms with Gasteiger partial charge in [-0.1, -0.05) is 36.4 Å². The molecule has 0 saturated carbocycles. The molecule has 1 aliphatic rings. The third-order valence-electron chi connectivity index (χ3n) is 7.83.